The lowest BCUT2D eigenvalue weighted by atomic mass is 10.0. The number of benzene rings is 1. The second-order valence-electron chi connectivity index (χ2n) is 6.84. The Bertz CT molecular complexity index is 599. The number of carbonyl (C=O) groups excluding carboxylic acids is 2. The predicted octanol–water partition coefficient (Wildman–Crippen LogP) is 3.53. The minimum atomic E-state index is -0.378. The molecule has 0 aromatic heterocycles. The first-order valence-electron chi connectivity index (χ1n) is 8.98. The summed E-state index contributed by atoms with van der Waals surface area (Å²) in [6.07, 6.45) is 6.74. The number of halogens is 1. The highest BCUT2D eigenvalue weighted by Crippen LogP contribution is 2.30. The molecule has 2 amide bonds. The molecule has 1 N–H and O–H groups in total. The van der Waals surface area contributed by atoms with Crippen molar-refractivity contribution in [2.24, 2.45) is 5.92 Å². The summed E-state index contributed by atoms with van der Waals surface area (Å²) in [4.78, 5) is 27.4. The zero-order chi connectivity index (χ0) is 16.9. The van der Waals surface area contributed by atoms with Gasteiger partial charge in [0.1, 0.15) is 6.04 Å². The van der Waals surface area contributed by atoms with Gasteiger partial charge >= 0.3 is 0 Å². The summed E-state index contributed by atoms with van der Waals surface area (Å²) in [5.74, 6) is 0.156. The van der Waals surface area contributed by atoms with Gasteiger partial charge in [0.05, 0.1) is 0 Å². The molecule has 2 fully saturated rings. The van der Waals surface area contributed by atoms with Gasteiger partial charge < -0.3 is 10.2 Å². The number of amides is 2. The topological polar surface area (TPSA) is 49.4 Å². The summed E-state index contributed by atoms with van der Waals surface area (Å²) in [6.45, 7) is 1.11. The van der Waals surface area contributed by atoms with Gasteiger partial charge in [0.15, 0.2) is 0 Å². The monoisotopic (exact) mass is 348 g/mol. The van der Waals surface area contributed by atoms with Crippen LogP contribution in [0.1, 0.15) is 50.5 Å². The maximum atomic E-state index is 13.1. The largest absolute Gasteiger partial charge is 0.354 e. The Morgan fingerprint density at radius 3 is 2.58 bits per heavy atom. The van der Waals surface area contributed by atoms with Crippen LogP contribution in [0.2, 0.25) is 5.02 Å². The van der Waals surface area contributed by atoms with Crippen LogP contribution in [0.4, 0.5) is 0 Å². The molecule has 1 aromatic rings. The Morgan fingerprint density at radius 2 is 1.83 bits per heavy atom. The third-order valence-corrected chi connectivity index (χ3v) is 5.54. The van der Waals surface area contributed by atoms with E-state index in [2.05, 4.69) is 5.32 Å². The molecule has 1 aliphatic carbocycles. The van der Waals surface area contributed by atoms with E-state index in [1.54, 1.807) is 4.90 Å². The molecule has 0 spiro atoms. The molecule has 0 bridgehead atoms. The third kappa shape index (κ3) is 3.92. The highest BCUT2D eigenvalue weighted by molar-refractivity contribution is 6.31. The summed E-state index contributed by atoms with van der Waals surface area (Å²) >= 11 is 6.30. The van der Waals surface area contributed by atoms with Crippen molar-refractivity contribution in [3.8, 4) is 0 Å². The Hall–Kier alpha value is -1.55. The molecule has 1 saturated heterocycles. The molecule has 4 nitrogen and oxygen atoms in total. The molecule has 1 aromatic carbocycles. The average molecular weight is 349 g/mol. The second kappa shape index (κ2) is 8.02. The second-order valence-corrected chi connectivity index (χ2v) is 7.25. The molecule has 1 saturated carbocycles. The van der Waals surface area contributed by atoms with Gasteiger partial charge in [-0.25, -0.2) is 0 Å². The van der Waals surface area contributed by atoms with E-state index in [9.17, 15) is 9.59 Å². The van der Waals surface area contributed by atoms with Crippen molar-refractivity contribution in [2.75, 3.05) is 6.54 Å². The van der Waals surface area contributed by atoms with Crippen molar-refractivity contribution in [2.45, 2.75) is 57.5 Å². The molecule has 0 radical (unpaired) electrons. The SMILES string of the molecule is O=C1NCCCCC1N(Cc1ccccc1Cl)C(=O)C1CCCC1. The molecular weight excluding hydrogens is 324 g/mol. The van der Waals surface area contributed by atoms with E-state index in [1.165, 1.54) is 0 Å². The molecule has 3 rings (SSSR count). The molecule has 1 unspecified atom stereocenters. The molecule has 24 heavy (non-hydrogen) atoms. The number of hydrogen-bond acceptors (Lipinski definition) is 2. The maximum absolute atomic E-state index is 13.1. The van der Waals surface area contributed by atoms with Gasteiger partial charge in [-0.1, -0.05) is 42.6 Å². The predicted molar refractivity (Wildman–Crippen MR) is 94.6 cm³/mol. The lowest BCUT2D eigenvalue weighted by Gasteiger charge is -2.32. The maximum Gasteiger partial charge on any atom is 0.242 e. The summed E-state index contributed by atoms with van der Waals surface area (Å²) < 4.78 is 0. The zero-order valence-electron chi connectivity index (χ0n) is 14.0. The van der Waals surface area contributed by atoms with E-state index in [-0.39, 0.29) is 23.8 Å². The van der Waals surface area contributed by atoms with Gasteiger partial charge in [0, 0.05) is 24.0 Å². The number of hydrogen-bond donors (Lipinski definition) is 1. The molecule has 2 aliphatic rings. The Morgan fingerprint density at radius 1 is 1.12 bits per heavy atom. The van der Waals surface area contributed by atoms with Gasteiger partial charge in [0.25, 0.3) is 0 Å². The van der Waals surface area contributed by atoms with E-state index >= 15 is 0 Å². The molecule has 1 heterocycles. The first-order chi connectivity index (χ1) is 11.7. The van der Waals surface area contributed by atoms with Gasteiger partial charge in [-0.05, 0) is 43.7 Å². The fourth-order valence-corrected chi connectivity index (χ4v) is 3.98. The van der Waals surface area contributed by atoms with Crippen LogP contribution in [0.15, 0.2) is 24.3 Å². The van der Waals surface area contributed by atoms with Crippen LogP contribution in [0.25, 0.3) is 0 Å². The number of carbonyl (C=O) groups is 2. The standard InChI is InChI=1S/C19H25ClN2O2/c20-16-10-4-3-9-15(16)13-22(19(24)14-7-1-2-8-14)17-11-5-6-12-21-18(17)23/h3-4,9-10,14,17H,1-2,5-8,11-13H2,(H,21,23). The number of rotatable bonds is 4. The molecule has 1 aliphatic heterocycles. The van der Waals surface area contributed by atoms with Crippen molar-refractivity contribution < 1.29 is 9.59 Å². The first-order valence-corrected chi connectivity index (χ1v) is 9.36. The molecule has 130 valence electrons. The zero-order valence-corrected chi connectivity index (χ0v) is 14.7. The van der Waals surface area contributed by atoms with Gasteiger partial charge in [-0.3, -0.25) is 9.59 Å². The van der Waals surface area contributed by atoms with Crippen molar-refractivity contribution in [3.63, 3.8) is 0 Å². The van der Waals surface area contributed by atoms with Crippen LogP contribution in [0, 0.1) is 5.92 Å². The van der Waals surface area contributed by atoms with E-state index in [0.717, 1.165) is 50.5 Å². The lowest BCUT2D eigenvalue weighted by molar-refractivity contribution is -0.144. The fourth-order valence-electron chi connectivity index (χ4n) is 3.78. The van der Waals surface area contributed by atoms with E-state index < -0.39 is 0 Å². The Labute approximate surface area is 148 Å². The summed E-state index contributed by atoms with van der Waals surface area (Å²) in [5.41, 5.74) is 0.905. The number of nitrogens with zero attached hydrogens (tertiary/aromatic N) is 1. The summed E-state index contributed by atoms with van der Waals surface area (Å²) in [5, 5.41) is 3.60. The van der Waals surface area contributed by atoms with Crippen LogP contribution in [0.3, 0.4) is 0 Å². The van der Waals surface area contributed by atoms with Crippen LogP contribution in [-0.4, -0.2) is 29.3 Å². The minimum Gasteiger partial charge on any atom is -0.354 e. The third-order valence-electron chi connectivity index (χ3n) is 5.17. The lowest BCUT2D eigenvalue weighted by Crippen LogP contribution is -2.49. The summed E-state index contributed by atoms with van der Waals surface area (Å²) in [6, 6.07) is 7.20. The van der Waals surface area contributed by atoms with Crippen molar-refractivity contribution in [3.05, 3.63) is 34.9 Å². The van der Waals surface area contributed by atoms with Gasteiger partial charge in [-0.2, -0.15) is 0 Å². The fraction of sp³-hybridized carbons (Fsp3) is 0.579. The van der Waals surface area contributed by atoms with Crippen LogP contribution in [0.5, 0.6) is 0 Å². The van der Waals surface area contributed by atoms with E-state index in [1.807, 2.05) is 24.3 Å². The molecular formula is C19H25ClN2O2. The Balaban J connectivity index is 1.86. The van der Waals surface area contributed by atoms with Crippen LogP contribution in [-0.2, 0) is 16.1 Å². The van der Waals surface area contributed by atoms with Crippen LogP contribution >= 0.6 is 11.6 Å². The van der Waals surface area contributed by atoms with Crippen molar-refractivity contribution >= 4 is 23.4 Å². The molecule has 1 atom stereocenters. The van der Waals surface area contributed by atoms with Gasteiger partial charge in [0.2, 0.25) is 11.8 Å². The average Bonchev–Trinajstić information content (AvgIpc) is 3.04. The summed E-state index contributed by atoms with van der Waals surface area (Å²) in [7, 11) is 0. The smallest absolute Gasteiger partial charge is 0.242 e. The first kappa shape index (κ1) is 17.3. The van der Waals surface area contributed by atoms with Crippen molar-refractivity contribution in [1.82, 2.24) is 10.2 Å². The number of nitrogens with one attached hydrogen (secondary N) is 1. The highest BCUT2D eigenvalue weighted by atomic mass is 35.5. The highest BCUT2D eigenvalue weighted by Gasteiger charge is 2.35. The Kier molecular flexibility index (Phi) is 5.77. The molecule has 5 heteroatoms. The van der Waals surface area contributed by atoms with E-state index in [4.69, 9.17) is 11.6 Å². The van der Waals surface area contributed by atoms with Gasteiger partial charge in [-0.15, -0.1) is 0 Å². The van der Waals surface area contributed by atoms with Crippen molar-refractivity contribution in [1.29, 1.82) is 0 Å². The van der Waals surface area contributed by atoms with Crippen LogP contribution < -0.4 is 5.32 Å². The quantitative estimate of drug-likeness (QED) is 0.904. The normalized spacial score (nSPS) is 22.0. The van der Waals surface area contributed by atoms with E-state index in [0.29, 0.717) is 18.1 Å². The minimum absolute atomic E-state index is 0.0223.